The van der Waals surface area contributed by atoms with E-state index in [1.165, 1.54) is 19.1 Å². The van der Waals surface area contributed by atoms with E-state index in [4.69, 9.17) is 18.9 Å². The normalized spacial score (nSPS) is 18.1. The third-order valence-corrected chi connectivity index (χ3v) is 6.62. The van der Waals surface area contributed by atoms with Gasteiger partial charge >= 0.3 is 0 Å². The minimum absolute atomic E-state index is 0.0346. The van der Waals surface area contributed by atoms with E-state index in [1.807, 2.05) is 31.2 Å². The van der Waals surface area contributed by atoms with Gasteiger partial charge in [0.1, 0.15) is 30.5 Å². The van der Waals surface area contributed by atoms with Crippen LogP contribution < -0.4 is 23.8 Å². The van der Waals surface area contributed by atoms with E-state index in [0.717, 1.165) is 12.0 Å². The molecule has 190 valence electrons. The summed E-state index contributed by atoms with van der Waals surface area (Å²) in [5.74, 6) is 0.00724. The number of nitrogens with zero attached hydrogens (tertiary/aromatic N) is 1. The molecule has 8 nitrogen and oxygen atoms in total. The molecule has 1 N–H and O–H groups in total. The van der Waals surface area contributed by atoms with Gasteiger partial charge in [0.05, 0.1) is 31.4 Å². The molecule has 1 fully saturated rings. The molecule has 1 unspecified atom stereocenters. The number of hydrogen-bond donors (Lipinski definition) is 1. The molecule has 1 amide bonds. The van der Waals surface area contributed by atoms with Crippen LogP contribution in [0.15, 0.2) is 66.2 Å². The average molecular weight is 502 g/mol. The van der Waals surface area contributed by atoms with Crippen molar-refractivity contribution in [3.8, 4) is 23.0 Å². The molecule has 0 bridgehead atoms. The van der Waals surface area contributed by atoms with E-state index in [9.17, 15) is 14.7 Å². The molecule has 5 rings (SSSR count). The highest BCUT2D eigenvalue weighted by Crippen LogP contribution is 2.45. The van der Waals surface area contributed by atoms with Crippen molar-refractivity contribution in [1.29, 1.82) is 0 Å². The Bertz CT molecular complexity index is 1390. The van der Waals surface area contributed by atoms with E-state index >= 15 is 0 Å². The second-order valence-electron chi connectivity index (χ2n) is 8.66. The van der Waals surface area contributed by atoms with Gasteiger partial charge in [0, 0.05) is 17.8 Å². The minimum atomic E-state index is -0.875. The molecule has 37 heavy (non-hydrogen) atoms. The number of aliphatic hydroxyl groups is 1. The Labute approximate surface area is 214 Å². The number of ether oxygens (including phenoxy) is 4. The highest BCUT2D eigenvalue weighted by Gasteiger charge is 2.47. The highest BCUT2D eigenvalue weighted by atomic mass is 16.6. The van der Waals surface area contributed by atoms with Gasteiger partial charge in [-0.3, -0.25) is 14.5 Å². The lowest BCUT2D eigenvalue weighted by Crippen LogP contribution is -2.29. The summed E-state index contributed by atoms with van der Waals surface area (Å²) < 4.78 is 22.1. The van der Waals surface area contributed by atoms with Gasteiger partial charge < -0.3 is 24.1 Å². The van der Waals surface area contributed by atoms with E-state index in [0.29, 0.717) is 47.5 Å². The largest absolute Gasteiger partial charge is 0.507 e. The zero-order valence-electron chi connectivity index (χ0n) is 20.8. The van der Waals surface area contributed by atoms with Gasteiger partial charge in [-0.1, -0.05) is 31.2 Å². The second kappa shape index (κ2) is 9.89. The first-order valence-electron chi connectivity index (χ1n) is 12.0. The average Bonchev–Trinajstić information content (AvgIpc) is 3.21. The van der Waals surface area contributed by atoms with Gasteiger partial charge in [-0.25, -0.2) is 0 Å². The predicted octanol–water partition coefficient (Wildman–Crippen LogP) is 4.66. The Morgan fingerprint density at radius 2 is 1.68 bits per heavy atom. The standard InChI is InChI=1S/C29H27NO7/c1-4-17-5-7-18(8-6-17)26-25(27(31)21-11-10-20(34-2)16-23(21)35-3)28(32)29(33)30(26)19-9-12-22-24(15-19)37-14-13-36-22/h5-12,15-16,26,31H,4,13-14H2,1-3H3/b27-25+. The second-order valence-corrected chi connectivity index (χ2v) is 8.66. The number of aliphatic hydroxyl groups excluding tert-OH is 1. The molecule has 0 radical (unpaired) electrons. The summed E-state index contributed by atoms with van der Waals surface area (Å²) in [4.78, 5) is 28.4. The molecule has 1 atom stereocenters. The number of methoxy groups -OCH3 is 2. The molecule has 0 aromatic heterocycles. The number of Topliss-reactive ketones (excluding diaryl/α,β-unsaturated/α-hetero) is 1. The molecule has 0 saturated carbocycles. The number of fused-ring (bicyclic) bond motifs is 1. The van der Waals surface area contributed by atoms with Crippen molar-refractivity contribution < 1.29 is 33.6 Å². The summed E-state index contributed by atoms with van der Waals surface area (Å²) in [6.45, 7) is 2.87. The van der Waals surface area contributed by atoms with Crippen LogP contribution in [0.5, 0.6) is 23.0 Å². The number of hydrogen-bond acceptors (Lipinski definition) is 7. The minimum Gasteiger partial charge on any atom is -0.507 e. The van der Waals surface area contributed by atoms with Crippen molar-refractivity contribution in [2.24, 2.45) is 0 Å². The Kier molecular flexibility index (Phi) is 6.48. The zero-order chi connectivity index (χ0) is 26.1. The van der Waals surface area contributed by atoms with Crippen LogP contribution >= 0.6 is 0 Å². The van der Waals surface area contributed by atoms with Crippen molar-refractivity contribution >= 4 is 23.1 Å². The maximum absolute atomic E-state index is 13.5. The van der Waals surface area contributed by atoms with Crippen LogP contribution in [0.3, 0.4) is 0 Å². The van der Waals surface area contributed by atoms with E-state index in [1.54, 1.807) is 36.4 Å². The fourth-order valence-electron chi connectivity index (χ4n) is 4.67. The number of ketones is 1. The van der Waals surface area contributed by atoms with E-state index in [2.05, 4.69) is 0 Å². The van der Waals surface area contributed by atoms with Crippen LogP contribution in [-0.4, -0.2) is 44.2 Å². The summed E-state index contributed by atoms with van der Waals surface area (Å²) in [5, 5.41) is 11.5. The third kappa shape index (κ3) is 4.24. The summed E-state index contributed by atoms with van der Waals surface area (Å²) >= 11 is 0. The molecule has 2 heterocycles. The SMILES string of the molecule is CCc1ccc(C2/C(=C(\O)c3ccc(OC)cc3OC)C(=O)C(=O)N2c2ccc3c(c2)OCCO3)cc1. The van der Waals surface area contributed by atoms with Gasteiger partial charge in [-0.15, -0.1) is 0 Å². The van der Waals surface area contributed by atoms with Gasteiger partial charge in [-0.2, -0.15) is 0 Å². The maximum atomic E-state index is 13.5. The van der Waals surface area contributed by atoms with E-state index in [-0.39, 0.29) is 16.9 Å². The Morgan fingerprint density at radius 1 is 0.946 bits per heavy atom. The first-order chi connectivity index (χ1) is 18.0. The Hall–Kier alpha value is -4.46. The molecule has 0 spiro atoms. The fraction of sp³-hybridized carbons (Fsp3) is 0.241. The molecular weight excluding hydrogens is 474 g/mol. The van der Waals surface area contributed by atoms with Gasteiger partial charge in [0.25, 0.3) is 11.7 Å². The lowest BCUT2D eigenvalue weighted by Gasteiger charge is -2.27. The molecule has 2 aliphatic heterocycles. The monoisotopic (exact) mass is 501 g/mol. The van der Waals surface area contributed by atoms with Gasteiger partial charge in [-0.05, 0) is 41.8 Å². The van der Waals surface area contributed by atoms with E-state index < -0.39 is 17.7 Å². The summed E-state index contributed by atoms with van der Waals surface area (Å²) in [6.07, 6.45) is 0.839. The molecule has 2 aliphatic rings. The number of carbonyl (C=O) groups is 2. The van der Waals surface area contributed by atoms with Crippen LogP contribution in [0.2, 0.25) is 0 Å². The van der Waals surface area contributed by atoms with Crippen LogP contribution in [0.1, 0.15) is 29.7 Å². The van der Waals surface area contributed by atoms with Crippen LogP contribution in [0.4, 0.5) is 5.69 Å². The Morgan fingerprint density at radius 3 is 2.35 bits per heavy atom. The van der Waals surface area contributed by atoms with Crippen molar-refractivity contribution in [3.05, 3.63) is 82.9 Å². The lowest BCUT2D eigenvalue weighted by atomic mass is 9.94. The summed E-state index contributed by atoms with van der Waals surface area (Å²) in [7, 11) is 2.98. The highest BCUT2D eigenvalue weighted by molar-refractivity contribution is 6.51. The number of anilines is 1. The quantitative estimate of drug-likeness (QED) is 0.298. The fourth-order valence-corrected chi connectivity index (χ4v) is 4.67. The molecular formula is C29H27NO7. The summed E-state index contributed by atoms with van der Waals surface area (Å²) in [6, 6.07) is 16.7. The lowest BCUT2D eigenvalue weighted by molar-refractivity contribution is -0.132. The molecule has 8 heteroatoms. The van der Waals surface area contributed by atoms with Gasteiger partial charge in [0.15, 0.2) is 11.5 Å². The topological polar surface area (TPSA) is 94.5 Å². The molecule has 0 aliphatic carbocycles. The molecule has 3 aromatic carbocycles. The number of carbonyl (C=O) groups excluding carboxylic acids is 2. The number of benzene rings is 3. The van der Waals surface area contributed by atoms with Crippen molar-refractivity contribution in [3.63, 3.8) is 0 Å². The zero-order valence-corrected chi connectivity index (χ0v) is 20.8. The van der Waals surface area contributed by atoms with Crippen LogP contribution in [-0.2, 0) is 16.0 Å². The van der Waals surface area contributed by atoms with Crippen LogP contribution in [0.25, 0.3) is 5.76 Å². The first-order valence-corrected chi connectivity index (χ1v) is 12.0. The first kappa shape index (κ1) is 24.2. The Balaban J connectivity index is 1.70. The van der Waals surface area contributed by atoms with Crippen LogP contribution in [0, 0.1) is 0 Å². The predicted molar refractivity (Wildman–Crippen MR) is 138 cm³/mol. The third-order valence-electron chi connectivity index (χ3n) is 6.62. The number of amides is 1. The summed E-state index contributed by atoms with van der Waals surface area (Å²) in [5.41, 5.74) is 2.49. The smallest absolute Gasteiger partial charge is 0.300 e. The molecule has 3 aromatic rings. The van der Waals surface area contributed by atoms with Crippen molar-refractivity contribution in [2.45, 2.75) is 19.4 Å². The van der Waals surface area contributed by atoms with Crippen molar-refractivity contribution in [2.75, 3.05) is 32.3 Å². The number of aryl methyl sites for hydroxylation is 1. The maximum Gasteiger partial charge on any atom is 0.300 e. The number of rotatable bonds is 6. The van der Waals surface area contributed by atoms with Gasteiger partial charge in [0.2, 0.25) is 0 Å². The molecule has 1 saturated heterocycles. The van der Waals surface area contributed by atoms with Crippen molar-refractivity contribution in [1.82, 2.24) is 0 Å².